The van der Waals surface area contributed by atoms with Crippen molar-refractivity contribution in [3.05, 3.63) is 23.8 Å². The van der Waals surface area contributed by atoms with Gasteiger partial charge < -0.3 is 14.9 Å². The van der Waals surface area contributed by atoms with E-state index in [0.717, 1.165) is 0 Å². The van der Waals surface area contributed by atoms with Crippen LogP contribution < -0.4 is 4.74 Å². The zero-order chi connectivity index (χ0) is 10.7. The highest BCUT2D eigenvalue weighted by Gasteiger charge is 2.12. The normalized spacial score (nSPS) is 12.9. The molecule has 0 spiro atoms. The van der Waals surface area contributed by atoms with Crippen LogP contribution in [0.15, 0.2) is 18.2 Å². The van der Waals surface area contributed by atoms with Crippen molar-refractivity contribution in [3.63, 3.8) is 0 Å². The molecule has 0 aliphatic carbocycles. The minimum absolute atomic E-state index is 0.0715. The highest BCUT2D eigenvalue weighted by molar-refractivity contribution is 5.42. The molecular formula is C10H15NO3. The summed E-state index contributed by atoms with van der Waals surface area (Å²) in [6, 6.07) is 4.77. The standard InChI is InChI=1S/C10H15NO3/c1-11(2)10(13)7-4-5-8(12)9(6-7)14-3/h4-6,10,12-13H,1-3H3. The molecule has 0 heterocycles. The Morgan fingerprint density at radius 2 is 2.00 bits per heavy atom. The van der Waals surface area contributed by atoms with Gasteiger partial charge in [0.15, 0.2) is 11.5 Å². The molecular weight excluding hydrogens is 182 g/mol. The second kappa shape index (κ2) is 4.30. The highest BCUT2D eigenvalue weighted by Crippen LogP contribution is 2.29. The van der Waals surface area contributed by atoms with Crippen LogP contribution in [0.4, 0.5) is 0 Å². The second-order valence-electron chi connectivity index (χ2n) is 3.27. The fourth-order valence-electron chi connectivity index (χ4n) is 1.15. The van der Waals surface area contributed by atoms with Crippen LogP contribution in [0, 0.1) is 0 Å². The number of ether oxygens (including phenoxy) is 1. The third-order valence-corrected chi connectivity index (χ3v) is 1.99. The van der Waals surface area contributed by atoms with Gasteiger partial charge in [-0.05, 0) is 31.8 Å². The molecule has 0 radical (unpaired) electrons. The van der Waals surface area contributed by atoms with Crippen LogP contribution in [0.25, 0.3) is 0 Å². The van der Waals surface area contributed by atoms with Crippen LogP contribution in [0.2, 0.25) is 0 Å². The number of aromatic hydroxyl groups is 1. The number of phenolic OH excluding ortho intramolecular Hbond substituents is 1. The van der Waals surface area contributed by atoms with Gasteiger partial charge in [0.2, 0.25) is 0 Å². The second-order valence-corrected chi connectivity index (χ2v) is 3.27. The summed E-state index contributed by atoms with van der Waals surface area (Å²) in [4.78, 5) is 1.66. The Balaban J connectivity index is 3.00. The molecule has 0 aliphatic rings. The van der Waals surface area contributed by atoms with Gasteiger partial charge in [-0.2, -0.15) is 0 Å². The van der Waals surface area contributed by atoms with Crippen molar-refractivity contribution in [1.29, 1.82) is 0 Å². The average Bonchev–Trinajstić information content (AvgIpc) is 2.17. The van der Waals surface area contributed by atoms with Crippen LogP contribution in [0.1, 0.15) is 11.8 Å². The molecule has 4 nitrogen and oxygen atoms in total. The van der Waals surface area contributed by atoms with Crippen molar-refractivity contribution >= 4 is 0 Å². The maximum atomic E-state index is 9.70. The monoisotopic (exact) mass is 197 g/mol. The summed E-state index contributed by atoms with van der Waals surface area (Å²) in [7, 11) is 5.01. The number of nitrogens with zero attached hydrogens (tertiary/aromatic N) is 1. The van der Waals surface area contributed by atoms with Gasteiger partial charge in [0, 0.05) is 0 Å². The average molecular weight is 197 g/mol. The van der Waals surface area contributed by atoms with Gasteiger partial charge in [0.05, 0.1) is 7.11 Å². The van der Waals surface area contributed by atoms with E-state index in [9.17, 15) is 10.2 Å². The first kappa shape index (κ1) is 10.8. The first-order valence-corrected chi connectivity index (χ1v) is 4.27. The zero-order valence-electron chi connectivity index (χ0n) is 8.56. The fraction of sp³-hybridized carbons (Fsp3) is 0.400. The minimum Gasteiger partial charge on any atom is -0.504 e. The largest absolute Gasteiger partial charge is 0.504 e. The fourth-order valence-corrected chi connectivity index (χ4v) is 1.15. The van der Waals surface area contributed by atoms with Crippen LogP contribution in [-0.2, 0) is 0 Å². The Morgan fingerprint density at radius 3 is 2.50 bits per heavy atom. The number of benzene rings is 1. The van der Waals surface area contributed by atoms with Crippen LogP contribution in [-0.4, -0.2) is 36.3 Å². The van der Waals surface area contributed by atoms with Crippen molar-refractivity contribution in [2.75, 3.05) is 21.2 Å². The Morgan fingerprint density at radius 1 is 1.36 bits per heavy atom. The number of hydrogen-bond acceptors (Lipinski definition) is 4. The summed E-state index contributed by atoms with van der Waals surface area (Å²) in [5.74, 6) is 0.436. The lowest BCUT2D eigenvalue weighted by atomic mass is 10.1. The Bertz CT molecular complexity index is 312. The first-order chi connectivity index (χ1) is 6.56. The number of rotatable bonds is 3. The van der Waals surface area contributed by atoms with Crippen molar-refractivity contribution < 1.29 is 14.9 Å². The van der Waals surface area contributed by atoms with Gasteiger partial charge in [0.1, 0.15) is 6.23 Å². The lowest BCUT2D eigenvalue weighted by Crippen LogP contribution is -2.19. The summed E-state index contributed by atoms with van der Waals surface area (Å²) in [6.07, 6.45) is -0.690. The molecule has 1 atom stereocenters. The lowest BCUT2D eigenvalue weighted by Gasteiger charge is -2.19. The molecule has 1 unspecified atom stereocenters. The third kappa shape index (κ3) is 2.16. The topological polar surface area (TPSA) is 52.9 Å². The van der Waals surface area contributed by atoms with E-state index in [1.54, 1.807) is 31.1 Å². The van der Waals surface area contributed by atoms with Gasteiger partial charge in [-0.25, -0.2) is 0 Å². The van der Waals surface area contributed by atoms with E-state index in [1.165, 1.54) is 13.2 Å². The molecule has 1 aromatic rings. The molecule has 4 heteroatoms. The number of aliphatic hydroxyl groups excluding tert-OH is 1. The summed E-state index contributed by atoms with van der Waals surface area (Å²) >= 11 is 0. The highest BCUT2D eigenvalue weighted by atomic mass is 16.5. The van der Waals surface area contributed by atoms with E-state index in [1.807, 2.05) is 0 Å². The van der Waals surface area contributed by atoms with Gasteiger partial charge in [-0.3, -0.25) is 4.90 Å². The van der Waals surface area contributed by atoms with Crippen molar-refractivity contribution in [1.82, 2.24) is 4.90 Å². The first-order valence-electron chi connectivity index (χ1n) is 4.27. The number of aliphatic hydroxyl groups is 1. The molecule has 0 fully saturated rings. The molecule has 78 valence electrons. The smallest absolute Gasteiger partial charge is 0.160 e. The van der Waals surface area contributed by atoms with Gasteiger partial charge in [0.25, 0.3) is 0 Å². The quantitative estimate of drug-likeness (QED) is 0.708. The molecule has 0 bridgehead atoms. The molecule has 1 aromatic carbocycles. The Hall–Kier alpha value is -1.26. The number of phenols is 1. The van der Waals surface area contributed by atoms with Crippen molar-refractivity contribution in [3.8, 4) is 11.5 Å². The molecule has 14 heavy (non-hydrogen) atoms. The van der Waals surface area contributed by atoms with Crippen LogP contribution >= 0.6 is 0 Å². The molecule has 0 saturated carbocycles. The maximum Gasteiger partial charge on any atom is 0.160 e. The van der Waals surface area contributed by atoms with Gasteiger partial charge in [-0.15, -0.1) is 0 Å². The molecule has 0 aliphatic heterocycles. The number of hydrogen-bond donors (Lipinski definition) is 2. The number of methoxy groups -OCH3 is 1. The van der Waals surface area contributed by atoms with E-state index in [-0.39, 0.29) is 5.75 Å². The Labute approximate surface area is 83.4 Å². The maximum absolute atomic E-state index is 9.70. The van der Waals surface area contributed by atoms with E-state index in [4.69, 9.17) is 4.74 Å². The molecule has 0 aromatic heterocycles. The van der Waals surface area contributed by atoms with E-state index in [2.05, 4.69) is 0 Å². The predicted molar refractivity (Wildman–Crippen MR) is 53.3 cm³/mol. The molecule has 2 N–H and O–H groups in total. The van der Waals surface area contributed by atoms with Crippen LogP contribution in [0.5, 0.6) is 11.5 Å². The van der Waals surface area contributed by atoms with Gasteiger partial charge in [-0.1, -0.05) is 6.07 Å². The van der Waals surface area contributed by atoms with E-state index < -0.39 is 6.23 Å². The minimum atomic E-state index is -0.690. The lowest BCUT2D eigenvalue weighted by molar-refractivity contribution is 0.0393. The zero-order valence-corrected chi connectivity index (χ0v) is 8.56. The summed E-state index contributed by atoms with van der Waals surface area (Å²) < 4.78 is 4.94. The molecule has 0 saturated heterocycles. The predicted octanol–water partition coefficient (Wildman–Crippen LogP) is 0.953. The van der Waals surface area contributed by atoms with Crippen molar-refractivity contribution in [2.45, 2.75) is 6.23 Å². The third-order valence-electron chi connectivity index (χ3n) is 1.99. The van der Waals surface area contributed by atoms with Crippen molar-refractivity contribution in [2.24, 2.45) is 0 Å². The van der Waals surface area contributed by atoms with Crippen LogP contribution in [0.3, 0.4) is 0 Å². The summed E-state index contributed by atoms with van der Waals surface area (Å²) in [5.41, 5.74) is 0.685. The SMILES string of the molecule is COc1cc(C(O)N(C)C)ccc1O. The summed E-state index contributed by atoms with van der Waals surface area (Å²) in [6.45, 7) is 0. The molecule has 1 rings (SSSR count). The molecule has 0 amide bonds. The van der Waals surface area contributed by atoms with E-state index in [0.29, 0.717) is 11.3 Å². The Kier molecular flexibility index (Phi) is 3.33. The van der Waals surface area contributed by atoms with Gasteiger partial charge >= 0.3 is 0 Å². The summed E-state index contributed by atoms with van der Waals surface area (Å²) in [5, 5.41) is 19.0. The van der Waals surface area contributed by atoms with E-state index >= 15 is 0 Å².